The van der Waals surface area contributed by atoms with E-state index < -0.39 is 6.10 Å². The number of rotatable bonds is 4. The summed E-state index contributed by atoms with van der Waals surface area (Å²) < 4.78 is 7.72. The van der Waals surface area contributed by atoms with Crippen LogP contribution in [0.3, 0.4) is 0 Å². The summed E-state index contributed by atoms with van der Waals surface area (Å²) >= 11 is 0. The fraction of sp³-hybridized carbons (Fsp3) is 0.667. The van der Waals surface area contributed by atoms with Gasteiger partial charge in [0.15, 0.2) is 0 Å². The maximum atomic E-state index is 9.78. The Kier molecular flexibility index (Phi) is 3.68. The van der Waals surface area contributed by atoms with E-state index in [1.54, 1.807) is 6.33 Å². The molecule has 100 valence electrons. The van der Waals surface area contributed by atoms with E-state index in [4.69, 9.17) is 15.9 Å². The van der Waals surface area contributed by atoms with Gasteiger partial charge >= 0.3 is 0 Å². The van der Waals surface area contributed by atoms with Gasteiger partial charge in [-0.05, 0) is 26.2 Å². The van der Waals surface area contributed by atoms with Gasteiger partial charge in [0.1, 0.15) is 17.8 Å². The molecule has 6 nitrogen and oxygen atoms in total. The molecule has 0 saturated carbocycles. The molecule has 1 aliphatic rings. The highest BCUT2D eigenvalue weighted by Crippen LogP contribution is 2.31. The summed E-state index contributed by atoms with van der Waals surface area (Å²) in [6.45, 7) is 3.81. The lowest BCUT2D eigenvalue weighted by Gasteiger charge is -2.19. The van der Waals surface area contributed by atoms with Gasteiger partial charge in [-0.1, -0.05) is 6.92 Å². The number of ether oxygens (including phenoxy) is 1. The van der Waals surface area contributed by atoms with Crippen molar-refractivity contribution >= 4 is 5.84 Å². The van der Waals surface area contributed by atoms with E-state index >= 15 is 0 Å². The monoisotopic (exact) mass is 252 g/mol. The number of nitrogens with one attached hydrogen (secondary N) is 1. The molecular formula is C12H20N4O2. The van der Waals surface area contributed by atoms with Crippen LogP contribution in [0.25, 0.3) is 0 Å². The summed E-state index contributed by atoms with van der Waals surface area (Å²) in [7, 11) is 0. The lowest BCUT2D eigenvalue weighted by molar-refractivity contribution is -0.0603. The molecule has 3 atom stereocenters. The van der Waals surface area contributed by atoms with Crippen molar-refractivity contribution in [3.8, 4) is 0 Å². The molecule has 1 fully saturated rings. The van der Waals surface area contributed by atoms with E-state index in [9.17, 15) is 5.11 Å². The predicted molar refractivity (Wildman–Crippen MR) is 67.4 cm³/mol. The highest BCUT2D eigenvalue weighted by molar-refractivity contribution is 5.94. The van der Waals surface area contributed by atoms with Crippen LogP contribution in [0.1, 0.15) is 43.8 Å². The van der Waals surface area contributed by atoms with Crippen LogP contribution >= 0.6 is 0 Å². The third-order valence-electron chi connectivity index (χ3n) is 3.48. The quantitative estimate of drug-likeness (QED) is 0.548. The Labute approximate surface area is 106 Å². The van der Waals surface area contributed by atoms with Gasteiger partial charge < -0.3 is 20.1 Å². The Morgan fingerprint density at radius 2 is 2.44 bits per heavy atom. The lowest BCUT2D eigenvalue weighted by atomic mass is 10.1. The van der Waals surface area contributed by atoms with Crippen molar-refractivity contribution in [2.45, 2.75) is 51.5 Å². The van der Waals surface area contributed by atoms with Crippen molar-refractivity contribution in [1.29, 1.82) is 5.41 Å². The maximum absolute atomic E-state index is 9.78. The number of nitrogens with zero attached hydrogens (tertiary/aromatic N) is 2. The molecule has 0 radical (unpaired) electrons. The molecule has 1 aromatic heterocycles. The van der Waals surface area contributed by atoms with Crippen LogP contribution in [0.2, 0.25) is 0 Å². The maximum Gasteiger partial charge on any atom is 0.143 e. The Morgan fingerprint density at radius 1 is 1.72 bits per heavy atom. The molecule has 0 spiro atoms. The van der Waals surface area contributed by atoms with E-state index in [0.29, 0.717) is 12.1 Å². The molecule has 6 heteroatoms. The lowest BCUT2D eigenvalue weighted by Crippen LogP contribution is -2.25. The van der Waals surface area contributed by atoms with Crippen LogP contribution in [0.4, 0.5) is 0 Å². The molecular weight excluding hydrogens is 232 g/mol. The average molecular weight is 252 g/mol. The molecule has 3 unspecified atom stereocenters. The molecule has 4 N–H and O–H groups in total. The van der Waals surface area contributed by atoms with Gasteiger partial charge in [-0.25, -0.2) is 4.98 Å². The summed E-state index contributed by atoms with van der Waals surface area (Å²) in [5.74, 6) is -0.0330. The largest absolute Gasteiger partial charge is 0.390 e. The molecule has 0 bridgehead atoms. The number of nitrogens with two attached hydrogens (primary N) is 1. The zero-order valence-corrected chi connectivity index (χ0v) is 10.8. The number of nitrogen functional groups attached to an aromatic ring is 1. The predicted octanol–water partition coefficient (Wildman–Crippen LogP) is 0.924. The van der Waals surface area contributed by atoms with Crippen LogP contribution in [-0.2, 0) is 4.74 Å². The van der Waals surface area contributed by atoms with Crippen molar-refractivity contribution in [1.82, 2.24) is 9.55 Å². The average Bonchev–Trinajstić information content (AvgIpc) is 2.94. The third kappa shape index (κ3) is 2.26. The van der Waals surface area contributed by atoms with Gasteiger partial charge in [0.2, 0.25) is 0 Å². The Balaban J connectivity index is 2.12. The summed E-state index contributed by atoms with van der Waals surface area (Å²) in [5, 5.41) is 17.2. The molecule has 1 aliphatic heterocycles. The van der Waals surface area contributed by atoms with Crippen molar-refractivity contribution in [3.05, 3.63) is 17.7 Å². The van der Waals surface area contributed by atoms with Gasteiger partial charge in [-0.15, -0.1) is 0 Å². The number of imidazole rings is 1. The van der Waals surface area contributed by atoms with Crippen molar-refractivity contribution in [2.24, 2.45) is 5.73 Å². The van der Waals surface area contributed by atoms with E-state index in [2.05, 4.69) is 4.98 Å². The van der Waals surface area contributed by atoms with E-state index in [-0.39, 0.29) is 18.2 Å². The van der Waals surface area contributed by atoms with Crippen molar-refractivity contribution in [2.75, 3.05) is 0 Å². The molecule has 0 amide bonds. The summed E-state index contributed by atoms with van der Waals surface area (Å²) in [6, 6.07) is 0. The minimum absolute atomic E-state index is 0.0330. The molecule has 18 heavy (non-hydrogen) atoms. The van der Waals surface area contributed by atoms with E-state index in [0.717, 1.165) is 18.5 Å². The minimum atomic E-state index is -0.411. The SMILES string of the molecule is CCC(O)C1CCC(n2cnc(C(=N)N)c2C)O1. The first kappa shape index (κ1) is 13.0. The van der Waals surface area contributed by atoms with Crippen molar-refractivity contribution < 1.29 is 9.84 Å². The standard InChI is InChI=1S/C12H20N4O2/c1-3-8(17)9-4-5-10(18-9)16-6-15-11(7(16)2)12(13)14/h6,8-10,17H,3-5H2,1-2H3,(H3,13,14). The van der Waals surface area contributed by atoms with Crippen LogP contribution in [0.5, 0.6) is 0 Å². The number of amidine groups is 1. The normalized spacial score (nSPS) is 25.3. The second kappa shape index (κ2) is 5.07. The number of aliphatic hydroxyl groups excluding tert-OH is 1. The molecule has 1 saturated heterocycles. The summed E-state index contributed by atoms with van der Waals surface area (Å²) in [5.41, 5.74) is 6.78. The van der Waals surface area contributed by atoms with E-state index in [1.165, 1.54) is 0 Å². The van der Waals surface area contributed by atoms with Crippen LogP contribution in [0.15, 0.2) is 6.33 Å². The highest BCUT2D eigenvalue weighted by atomic mass is 16.5. The smallest absolute Gasteiger partial charge is 0.143 e. The molecule has 2 heterocycles. The van der Waals surface area contributed by atoms with Crippen LogP contribution in [-0.4, -0.2) is 32.7 Å². The number of aromatic nitrogens is 2. The number of aliphatic hydroxyl groups is 1. The minimum Gasteiger partial charge on any atom is -0.390 e. The molecule has 0 aromatic carbocycles. The fourth-order valence-electron chi connectivity index (χ4n) is 2.37. The van der Waals surface area contributed by atoms with Crippen LogP contribution in [0, 0.1) is 12.3 Å². The third-order valence-corrected chi connectivity index (χ3v) is 3.48. The molecule has 1 aromatic rings. The first-order chi connectivity index (χ1) is 8.54. The molecule has 0 aliphatic carbocycles. The van der Waals surface area contributed by atoms with Gasteiger partial charge in [0, 0.05) is 5.69 Å². The zero-order chi connectivity index (χ0) is 13.3. The van der Waals surface area contributed by atoms with Gasteiger partial charge in [-0.2, -0.15) is 0 Å². The van der Waals surface area contributed by atoms with E-state index in [1.807, 2.05) is 18.4 Å². The Hall–Kier alpha value is -1.40. The first-order valence-corrected chi connectivity index (χ1v) is 6.26. The van der Waals surface area contributed by atoms with Gasteiger partial charge in [0.25, 0.3) is 0 Å². The van der Waals surface area contributed by atoms with Crippen molar-refractivity contribution in [3.63, 3.8) is 0 Å². The van der Waals surface area contributed by atoms with Crippen LogP contribution < -0.4 is 5.73 Å². The second-order valence-corrected chi connectivity index (χ2v) is 4.68. The second-order valence-electron chi connectivity index (χ2n) is 4.68. The number of hydrogen-bond donors (Lipinski definition) is 3. The van der Waals surface area contributed by atoms with Gasteiger partial charge in [0.05, 0.1) is 18.5 Å². The number of hydrogen-bond acceptors (Lipinski definition) is 4. The van der Waals surface area contributed by atoms with Gasteiger partial charge in [-0.3, -0.25) is 5.41 Å². The summed E-state index contributed by atoms with van der Waals surface area (Å²) in [6.07, 6.45) is 3.39. The zero-order valence-electron chi connectivity index (χ0n) is 10.8. The first-order valence-electron chi connectivity index (χ1n) is 6.26. The topological polar surface area (TPSA) is 97.2 Å². The Bertz CT molecular complexity index is 443. The Morgan fingerprint density at radius 3 is 3.00 bits per heavy atom. The summed E-state index contributed by atoms with van der Waals surface area (Å²) in [4.78, 5) is 4.12. The highest BCUT2D eigenvalue weighted by Gasteiger charge is 2.31. The fourth-order valence-corrected chi connectivity index (χ4v) is 2.37. The molecule has 2 rings (SSSR count).